The Bertz CT molecular complexity index is 1580. The average Bonchev–Trinajstić information content (AvgIpc) is 3.47. The Hall–Kier alpha value is -4.16. The number of aromatic nitrogens is 3. The fourth-order valence-corrected chi connectivity index (χ4v) is 5.55. The van der Waals surface area contributed by atoms with Crippen LogP contribution in [0, 0.1) is 0 Å². The van der Waals surface area contributed by atoms with Crippen molar-refractivity contribution in [3.63, 3.8) is 0 Å². The number of hydrogen-bond acceptors (Lipinski definition) is 6. The van der Waals surface area contributed by atoms with E-state index in [1.165, 1.54) is 6.07 Å². The number of pyridine rings is 2. The first-order valence-electron chi connectivity index (χ1n) is 14.1. The number of urea groups is 1. The fourth-order valence-electron chi connectivity index (χ4n) is 5.55. The molecule has 220 valence electrons. The molecule has 5 heterocycles. The molecule has 0 atom stereocenters. The molecule has 2 N–H and O–H groups in total. The smallest absolute Gasteiger partial charge is 0.416 e. The zero-order valence-corrected chi connectivity index (χ0v) is 23.2. The molecule has 0 bridgehead atoms. The van der Waals surface area contributed by atoms with E-state index >= 15 is 0 Å². The summed E-state index contributed by atoms with van der Waals surface area (Å²) in [5.41, 5.74) is 1.99. The van der Waals surface area contributed by atoms with Crippen LogP contribution in [0.2, 0.25) is 0 Å². The van der Waals surface area contributed by atoms with Crippen molar-refractivity contribution >= 4 is 22.8 Å². The topological polar surface area (TPSA) is 89.6 Å². The van der Waals surface area contributed by atoms with Crippen LogP contribution in [0.1, 0.15) is 29.3 Å². The Morgan fingerprint density at radius 3 is 2.64 bits per heavy atom. The monoisotopic (exact) mass is 579 g/mol. The maximum atomic E-state index is 14.0. The molecule has 1 fully saturated rings. The van der Waals surface area contributed by atoms with Gasteiger partial charge in [-0.25, -0.2) is 9.78 Å². The lowest BCUT2D eigenvalue weighted by Crippen LogP contribution is -2.45. The number of piperazine rings is 1. The van der Waals surface area contributed by atoms with E-state index in [1.807, 2.05) is 17.0 Å². The molecular formula is C30H32F3N7O2. The summed E-state index contributed by atoms with van der Waals surface area (Å²) in [5, 5.41) is 3.51. The number of rotatable bonds is 6. The molecule has 12 heteroatoms. The summed E-state index contributed by atoms with van der Waals surface area (Å²) in [4.78, 5) is 30.9. The van der Waals surface area contributed by atoms with Gasteiger partial charge in [-0.3, -0.25) is 9.88 Å². The molecule has 0 spiro atoms. The van der Waals surface area contributed by atoms with Crippen molar-refractivity contribution in [3.05, 3.63) is 77.4 Å². The van der Waals surface area contributed by atoms with Gasteiger partial charge in [-0.05, 0) is 48.0 Å². The van der Waals surface area contributed by atoms with Gasteiger partial charge in [0.2, 0.25) is 0 Å². The van der Waals surface area contributed by atoms with E-state index in [9.17, 15) is 18.0 Å². The lowest BCUT2D eigenvalue weighted by Gasteiger charge is -2.34. The average molecular weight is 580 g/mol. The molecule has 0 saturated carbocycles. The summed E-state index contributed by atoms with van der Waals surface area (Å²) in [5.74, 6) is 1.15. The molecule has 42 heavy (non-hydrogen) atoms. The summed E-state index contributed by atoms with van der Waals surface area (Å²) >= 11 is 0. The second-order valence-corrected chi connectivity index (χ2v) is 10.6. The highest BCUT2D eigenvalue weighted by Crippen LogP contribution is 2.35. The number of fused-ring (bicyclic) bond motifs is 2. The SMILES string of the molecule is CCN1CCN(Cc2ccc(NC(=O)N3CCc4ncc(Oc5ccnc6[nH]ccc56)cc4C3)cc2C(F)(F)F)CC1. The van der Waals surface area contributed by atoms with Crippen molar-refractivity contribution < 1.29 is 22.7 Å². The van der Waals surface area contributed by atoms with Gasteiger partial charge in [-0.15, -0.1) is 0 Å². The summed E-state index contributed by atoms with van der Waals surface area (Å²) in [7, 11) is 0. The molecule has 0 aliphatic carbocycles. The summed E-state index contributed by atoms with van der Waals surface area (Å²) in [6.07, 6.45) is 1.08. The van der Waals surface area contributed by atoms with Gasteiger partial charge in [-0.2, -0.15) is 13.2 Å². The van der Waals surface area contributed by atoms with Gasteiger partial charge in [0.15, 0.2) is 0 Å². The third kappa shape index (κ3) is 6.04. The van der Waals surface area contributed by atoms with Crippen LogP contribution in [-0.4, -0.2) is 75.0 Å². The number of carbonyl (C=O) groups is 1. The highest BCUT2D eigenvalue weighted by atomic mass is 19.4. The number of likely N-dealkylation sites (N-methyl/N-ethyl adjacent to an activating group) is 1. The Labute approximate surface area is 241 Å². The fraction of sp³-hybridized carbons (Fsp3) is 0.367. The Morgan fingerprint density at radius 2 is 1.86 bits per heavy atom. The quantitative estimate of drug-likeness (QED) is 0.314. The first kappa shape index (κ1) is 28.0. The summed E-state index contributed by atoms with van der Waals surface area (Å²) in [6, 6.07) is 9.08. The molecule has 1 aromatic carbocycles. The van der Waals surface area contributed by atoms with Crippen LogP contribution in [0.3, 0.4) is 0 Å². The molecular weight excluding hydrogens is 547 g/mol. The number of amides is 2. The normalized spacial score (nSPS) is 16.4. The maximum absolute atomic E-state index is 14.0. The Kier molecular flexibility index (Phi) is 7.74. The first-order valence-corrected chi connectivity index (χ1v) is 14.1. The van der Waals surface area contributed by atoms with Gasteiger partial charge in [0, 0.05) is 76.0 Å². The van der Waals surface area contributed by atoms with Crippen molar-refractivity contribution in [2.75, 3.05) is 44.6 Å². The van der Waals surface area contributed by atoms with Crippen LogP contribution in [-0.2, 0) is 25.7 Å². The van der Waals surface area contributed by atoms with Crippen molar-refractivity contribution in [2.45, 2.75) is 32.6 Å². The van der Waals surface area contributed by atoms with Gasteiger partial charge in [0.05, 0.1) is 17.1 Å². The second-order valence-electron chi connectivity index (χ2n) is 10.6. The zero-order valence-electron chi connectivity index (χ0n) is 23.2. The van der Waals surface area contributed by atoms with Crippen LogP contribution in [0.25, 0.3) is 11.0 Å². The van der Waals surface area contributed by atoms with E-state index in [4.69, 9.17) is 4.74 Å². The van der Waals surface area contributed by atoms with E-state index in [2.05, 4.69) is 32.1 Å². The number of ether oxygens (including phenoxy) is 1. The molecule has 3 aromatic heterocycles. The lowest BCUT2D eigenvalue weighted by molar-refractivity contribution is -0.138. The number of aromatic amines is 1. The molecule has 0 unspecified atom stereocenters. The zero-order chi connectivity index (χ0) is 29.3. The van der Waals surface area contributed by atoms with Gasteiger partial charge in [0.25, 0.3) is 0 Å². The van der Waals surface area contributed by atoms with Crippen LogP contribution in [0.4, 0.5) is 23.7 Å². The minimum atomic E-state index is -4.53. The van der Waals surface area contributed by atoms with Crippen molar-refractivity contribution in [1.29, 1.82) is 0 Å². The van der Waals surface area contributed by atoms with Gasteiger partial charge < -0.3 is 24.8 Å². The number of anilines is 1. The first-order chi connectivity index (χ1) is 20.3. The van der Waals surface area contributed by atoms with Crippen molar-refractivity contribution in [3.8, 4) is 11.5 Å². The minimum absolute atomic E-state index is 0.112. The second kappa shape index (κ2) is 11.6. The predicted octanol–water partition coefficient (Wildman–Crippen LogP) is 5.50. The number of benzene rings is 1. The van der Waals surface area contributed by atoms with Crippen LogP contribution >= 0.6 is 0 Å². The highest BCUT2D eigenvalue weighted by Gasteiger charge is 2.34. The molecule has 2 aliphatic rings. The number of nitrogens with one attached hydrogen (secondary N) is 2. The van der Waals surface area contributed by atoms with Crippen LogP contribution < -0.4 is 10.1 Å². The number of H-pyrrole nitrogens is 1. The third-order valence-corrected chi connectivity index (χ3v) is 7.92. The predicted molar refractivity (Wildman–Crippen MR) is 152 cm³/mol. The number of carbonyl (C=O) groups excluding carboxylic acids is 1. The van der Waals surface area contributed by atoms with E-state index in [-0.39, 0.29) is 24.3 Å². The summed E-state index contributed by atoms with van der Waals surface area (Å²) < 4.78 is 48.2. The van der Waals surface area contributed by atoms with E-state index in [1.54, 1.807) is 35.6 Å². The van der Waals surface area contributed by atoms with E-state index < -0.39 is 17.8 Å². The summed E-state index contributed by atoms with van der Waals surface area (Å²) in [6.45, 7) is 7.03. The molecule has 2 aliphatic heterocycles. The van der Waals surface area contributed by atoms with Gasteiger partial charge >= 0.3 is 12.2 Å². The molecule has 9 nitrogen and oxygen atoms in total. The van der Waals surface area contributed by atoms with Crippen LogP contribution in [0.5, 0.6) is 11.5 Å². The number of nitrogens with zero attached hydrogens (tertiary/aromatic N) is 5. The molecule has 6 rings (SSSR count). The standard InChI is InChI=1S/C30H32F3N7O2/c1-2-38-11-13-39(14-12-38)18-20-3-4-22(16-25(20)30(31,32)33)37-29(41)40-10-7-26-21(19-40)15-23(17-36-26)42-27-6-9-35-28-24(27)5-8-34-28/h3-6,8-9,15-17H,2,7,10-14,18-19H2,1H3,(H,34,35)(H,37,41). The Balaban J connectivity index is 1.13. The Morgan fingerprint density at radius 1 is 1.05 bits per heavy atom. The lowest BCUT2D eigenvalue weighted by atomic mass is 10.0. The molecule has 1 saturated heterocycles. The van der Waals surface area contributed by atoms with E-state index in [0.29, 0.717) is 30.1 Å². The highest BCUT2D eigenvalue weighted by molar-refractivity contribution is 5.89. The number of alkyl halides is 3. The number of halogens is 3. The van der Waals surface area contributed by atoms with Crippen molar-refractivity contribution in [2.24, 2.45) is 0 Å². The van der Waals surface area contributed by atoms with Crippen molar-refractivity contribution in [1.82, 2.24) is 29.7 Å². The van der Waals surface area contributed by atoms with Gasteiger partial charge in [0.1, 0.15) is 17.1 Å². The largest absolute Gasteiger partial charge is 0.455 e. The third-order valence-electron chi connectivity index (χ3n) is 7.92. The van der Waals surface area contributed by atoms with E-state index in [0.717, 1.165) is 55.4 Å². The number of hydrogen-bond donors (Lipinski definition) is 2. The molecule has 0 radical (unpaired) electrons. The maximum Gasteiger partial charge on any atom is 0.416 e. The van der Waals surface area contributed by atoms with Gasteiger partial charge in [-0.1, -0.05) is 13.0 Å². The molecule has 2 amide bonds. The van der Waals surface area contributed by atoms with Crippen LogP contribution in [0.15, 0.2) is 55.0 Å². The minimum Gasteiger partial charge on any atom is -0.455 e. The molecule has 4 aromatic rings.